The number of hydrogen-bond donors (Lipinski definition) is 2. The summed E-state index contributed by atoms with van der Waals surface area (Å²) >= 11 is 0. The molecular formula is C12H20N4O3. The van der Waals surface area contributed by atoms with E-state index in [-0.39, 0.29) is 11.7 Å². The predicted octanol–water partition coefficient (Wildman–Crippen LogP) is 1.35. The van der Waals surface area contributed by atoms with E-state index in [9.17, 15) is 10.1 Å². The van der Waals surface area contributed by atoms with E-state index in [0.29, 0.717) is 18.8 Å². The molecule has 1 atom stereocenters. The Morgan fingerprint density at radius 1 is 1.58 bits per heavy atom. The number of benzene rings is 1. The lowest BCUT2D eigenvalue weighted by Gasteiger charge is -2.24. The molecule has 0 spiro atoms. The van der Waals surface area contributed by atoms with E-state index in [1.54, 1.807) is 13.2 Å². The molecule has 0 aromatic heterocycles. The van der Waals surface area contributed by atoms with Gasteiger partial charge in [-0.05, 0) is 19.5 Å². The quantitative estimate of drug-likeness (QED) is 0.440. The second-order valence-electron chi connectivity index (χ2n) is 4.43. The van der Waals surface area contributed by atoms with Gasteiger partial charge in [-0.2, -0.15) is 0 Å². The Hall–Kier alpha value is -1.70. The maximum absolute atomic E-state index is 10.9. The fourth-order valence-electron chi connectivity index (χ4n) is 1.83. The molecule has 7 heteroatoms. The molecule has 0 aliphatic carbocycles. The van der Waals surface area contributed by atoms with Crippen molar-refractivity contribution in [2.24, 2.45) is 5.84 Å². The molecule has 0 radical (unpaired) electrons. The average Bonchev–Trinajstić information content (AvgIpc) is 2.38. The Morgan fingerprint density at radius 3 is 2.79 bits per heavy atom. The van der Waals surface area contributed by atoms with Gasteiger partial charge in [-0.1, -0.05) is 12.1 Å². The third-order valence-corrected chi connectivity index (χ3v) is 3.05. The van der Waals surface area contributed by atoms with Crippen LogP contribution in [-0.4, -0.2) is 36.6 Å². The Balaban J connectivity index is 2.95. The number of nitrogens with two attached hydrogens (primary N) is 1. The third-order valence-electron chi connectivity index (χ3n) is 3.05. The molecule has 1 aromatic carbocycles. The molecule has 0 fully saturated rings. The number of nitrogens with zero attached hydrogens (tertiary/aromatic N) is 2. The topological polar surface area (TPSA) is 93.7 Å². The van der Waals surface area contributed by atoms with Gasteiger partial charge in [0, 0.05) is 25.8 Å². The molecule has 7 nitrogen and oxygen atoms in total. The van der Waals surface area contributed by atoms with Crippen LogP contribution in [0.15, 0.2) is 18.2 Å². The minimum Gasteiger partial charge on any atom is -0.383 e. The standard InChI is InChI=1S/C12H20N4O3/c1-9(8-19-3)15(2)7-10-5-4-6-11(16(17)18)12(10)14-13/h4-6,9,14H,7-8,13H2,1-3H3. The highest BCUT2D eigenvalue weighted by atomic mass is 16.6. The zero-order valence-corrected chi connectivity index (χ0v) is 11.4. The van der Waals surface area contributed by atoms with Crippen LogP contribution in [0.5, 0.6) is 0 Å². The summed E-state index contributed by atoms with van der Waals surface area (Å²) in [4.78, 5) is 12.5. The zero-order chi connectivity index (χ0) is 14.4. The number of likely N-dealkylation sites (N-methyl/N-ethyl adjacent to an activating group) is 1. The van der Waals surface area contributed by atoms with Gasteiger partial charge in [0.1, 0.15) is 5.69 Å². The highest BCUT2D eigenvalue weighted by Crippen LogP contribution is 2.28. The number of nitrogens with one attached hydrogen (secondary N) is 1. The summed E-state index contributed by atoms with van der Waals surface area (Å²) in [5.74, 6) is 5.40. The van der Waals surface area contributed by atoms with Gasteiger partial charge in [-0.3, -0.25) is 20.9 Å². The number of nitro groups is 1. The van der Waals surface area contributed by atoms with Crippen molar-refractivity contribution in [3.8, 4) is 0 Å². The van der Waals surface area contributed by atoms with Crippen molar-refractivity contribution in [2.75, 3.05) is 26.2 Å². The molecule has 19 heavy (non-hydrogen) atoms. The summed E-state index contributed by atoms with van der Waals surface area (Å²) in [6, 6.07) is 5.11. The molecule has 1 aromatic rings. The SMILES string of the molecule is COCC(C)N(C)Cc1cccc([N+](=O)[O-])c1NN. The molecule has 0 bridgehead atoms. The maximum Gasteiger partial charge on any atom is 0.293 e. The van der Waals surface area contributed by atoms with E-state index in [0.717, 1.165) is 5.56 Å². The molecule has 1 unspecified atom stereocenters. The lowest BCUT2D eigenvalue weighted by atomic mass is 10.1. The van der Waals surface area contributed by atoms with Crippen molar-refractivity contribution < 1.29 is 9.66 Å². The highest BCUT2D eigenvalue weighted by molar-refractivity contribution is 5.65. The van der Waals surface area contributed by atoms with Crippen LogP contribution in [-0.2, 0) is 11.3 Å². The van der Waals surface area contributed by atoms with E-state index in [1.165, 1.54) is 6.07 Å². The lowest BCUT2D eigenvalue weighted by molar-refractivity contribution is -0.384. The van der Waals surface area contributed by atoms with Crippen LogP contribution in [0.4, 0.5) is 11.4 Å². The summed E-state index contributed by atoms with van der Waals surface area (Å²) in [6.45, 7) is 3.17. The number of nitro benzene ring substituents is 1. The van der Waals surface area contributed by atoms with Crippen LogP contribution in [0.25, 0.3) is 0 Å². The highest BCUT2D eigenvalue weighted by Gasteiger charge is 2.18. The first-order chi connectivity index (χ1) is 9.01. The Labute approximate surface area is 112 Å². The molecule has 3 N–H and O–H groups in total. The zero-order valence-electron chi connectivity index (χ0n) is 11.4. The summed E-state index contributed by atoms with van der Waals surface area (Å²) < 4.78 is 5.09. The van der Waals surface area contributed by atoms with Gasteiger partial charge in [-0.25, -0.2) is 0 Å². The third kappa shape index (κ3) is 3.88. The van der Waals surface area contributed by atoms with Gasteiger partial charge in [0.25, 0.3) is 5.69 Å². The van der Waals surface area contributed by atoms with Crippen LogP contribution >= 0.6 is 0 Å². The Morgan fingerprint density at radius 2 is 2.26 bits per heavy atom. The van der Waals surface area contributed by atoms with E-state index in [1.807, 2.05) is 24.9 Å². The second-order valence-corrected chi connectivity index (χ2v) is 4.43. The van der Waals surface area contributed by atoms with E-state index in [2.05, 4.69) is 5.43 Å². The van der Waals surface area contributed by atoms with Crippen molar-refractivity contribution in [3.63, 3.8) is 0 Å². The summed E-state index contributed by atoms with van der Waals surface area (Å²) in [5, 5.41) is 10.9. The van der Waals surface area contributed by atoms with Gasteiger partial charge in [-0.15, -0.1) is 0 Å². The van der Waals surface area contributed by atoms with Crippen molar-refractivity contribution in [1.29, 1.82) is 0 Å². The lowest BCUT2D eigenvalue weighted by Crippen LogP contribution is -2.32. The molecule has 0 saturated carbocycles. The Kier molecular flexibility index (Phi) is 5.68. The van der Waals surface area contributed by atoms with Gasteiger partial charge < -0.3 is 10.2 Å². The maximum atomic E-state index is 10.9. The number of anilines is 1. The molecule has 106 valence electrons. The van der Waals surface area contributed by atoms with E-state index < -0.39 is 4.92 Å². The summed E-state index contributed by atoms with van der Waals surface area (Å²) in [5.41, 5.74) is 3.53. The summed E-state index contributed by atoms with van der Waals surface area (Å²) in [7, 11) is 3.58. The van der Waals surface area contributed by atoms with Crippen LogP contribution in [0.2, 0.25) is 0 Å². The minimum atomic E-state index is -0.447. The van der Waals surface area contributed by atoms with Crippen molar-refractivity contribution in [2.45, 2.75) is 19.5 Å². The number of nitrogen functional groups attached to an aromatic ring is 1. The van der Waals surface area contributed by atoms with Gasteiger partial charge >= 0.3 is 0 Å². The number of methoxy groups -OCH3 is 1. The van der Waals surface area contributed by atoms with E-state index in [4.69, 9.17) is 10.6 Å². The van der Waals surface area contributed by atoms with E-state index >= 15 is 0 Å². The first kappa shape index (κ1) is 15.4. The number of rotatable bonds is 7. The van der Waals surface area contributed by atoms with Crippen molar-refractivity contribution in [1.82, 2.24) is 4.90 Å². The van der Waals surface area contributed by atoms with Crippen LogP contribution in [0, 0.1) is 10.1 Å². The van der Waals surface area contributed by atoms with Gasteiger partial charge in [0.2, 0.25) is 0 Å². The number of para-hydroxylation sites is 1. The van der Waals surface area contributed by atoms with Crippen molar-refractivity contribution >= 4 is 11.4 Å². The normalized spacial score (nSPS) is 12.5. The molecule has 1 rings (SSSR count). The molecule has 0 saturated heterocycles. The largest absolute Gasteiger partial charge is 0.383 e. The molecular weight excluding hydrogens is 248 g/mol. The second kappa shape index (κ2) is 7.03. The predicted molar refractivity (Wildman–Crippen MR) is 73.7 cm³/mol. The number of ether oxygens (including phenoxy) is 1. The fourth-order valence-corrected chi connectivity index (χ4v) is 1.83. The van der Waals surface area contributed by atoms with Gasteiger partial charge in [0.05, 0.1) is 11.5 Å². The average molecular weight is 268 g/mol. The fraction of sp³-hybridized carbons (Fsp3) is 0.500. The smallest absolute Gasteiger partial charge is 0.293 e. The van der Waals surface area contributed by atoms with Gasteiger partial charge in [0.15, 0.2) is 0 Å². The van der Waals surface area contributed by atoms with Crippen molar-refractivity contribution in [3.05, 3.63) is 33.9 Å². The number of hydrazine groups is 1. The first-order valence-corrected chi connectivity index (χ1v) is 5.93. The van der Waals surface area contributed by atoms with Crippen LogP contribution in [0.3, 0.4) is 0 Å². The minimum absolute atomic E-state index is 0.0206. The number of hydrogen-bond acceptors (Lipinski definition) is 6. The molecule has 0 heterocycles. The molecule has 0 aliphatic heterocycles. The van der Waals surface area contributed by atoms with Crippen LogP contribution in [0.1, 0.15) is 12.5 Å². The molecule has 0 aliphatic rings. The van der Waals surface area contributed by atoms with Crippen LogP contribution < -0.4 is 11.3 Å². The molecule has 0 amide bonds. The monoisotopic (exact) mass is 268 g/mol. The first-order valence-electron chi connectivity index (χ1n) is 5.93. The summed E-state index contributed by atoms with van der Waals surface area (Å²) in [6.07, 6.45) is 0. The Bertz CT molecular complexity index is 439.